The first-order chi connectivity index (χ1) is 16.6. The zero-order chi connectivity index (χ0) is 23.1. The molecule has 7 heteroatoms. The van der Waals surface area contributed by atoms with Crippen LogP contribution in [0.4, 0.5) is 0 Å². The molecule has 4 aliphatic carbocycles. The van der Waals surface area contributed by atoms with Gasteiger partial charge in [0, 0.05) is 31.7 Å². The van der Waals surface area contributed by atoms with Crippen LogP contribution in [0.1, 0.15) is 65.1 Å². The van der Waals surface area contributed by atoms with Gasteiger partial charge >= 0.3 is 0 Å². The Morgan fingerprint density at radius 2 is 1.65 bits per heavy atom. The largest absolute Gasteiger partial charge is 0.350 e. The number of imidazole rings is 1. The van der Waals surface area contributed by atoms with Crippen molar-refractivity contribution >= 4 is 17.5 Å². The fourth-order valence-electron chi connectivity index (χ4n) is 7.13. The highest BCUT2D eigenvalue weighted by Crippen LogP contribution is 2.59. The van der Waals surface area contributed by atoms with Crippen LogP contribution >= 0.6 is 0 Å². The molecule has 0 saturated heterocycles. The molecule has 4 fully saturated rings. The van der Waals surface area contributed by atoms with Gasteiger partial charge in [0.1, 0.15) is 17.0 Å². The summed E-state index contributed by atoms with van der Waals surface area (Å²) in [6.07, 6.45) is 13.9. The number of nitrogens with one attached hydrogen (secondary N) is 2. The van der Waals surface area contributed by atoms with E-state index in [1.54, 1.807) is 29.1 Å². The standard InChI is InChI=1S/C27H31N5O2/c33-25(29-9-6-18-4-7-28-8-5-18)22-16-32-23(2-1-3-24(32)31-22)26(34)30-17-27-13-19-10-20(14-27)12-21(11-19)15-27/h1-5,7-8,16,19-21H,6,9-15,17H2,(H,29,33)(H,30,34). The minimum Gasteiger partial charge on any atom is -0.350 e. The van der Waals surface area contributed by atoms with Crippen LogP contribution in [-0.2, 0) is 6.42 Å². The van der Waals surface area contributed by atoms with Crippen molar-refractivity contribution in [2.24, 2.45) is 23.2 Å². The highest BCUT2D eigenvalue weighted by atomic mass is 16.2. The van der Waals surface area contributed by atoms with E-state index >= 15 is 0 Å². The van der Waals surface area contributed by atoms with E-state index in [0.29, 0.717) is 23.6 Å². The molecule has 3 aromatic rings. The van der Waals surface area contributed by atoms with E-state index < -0.39 is 0 Å². The van der Waals surface area contributed by atoms with Gasteiger partial charge in [-0.3, -0.25) is 19.0 Å². The third-order valence-corrected chi connectivity index (χ3v) is 8.20. The first-order valence-electron chi connectivity index (χ1n) is 12.5. The molecule has 0 aliphatic heterocycles. The third-order valence-electron chi connectivity index (χ3n) is 8.20. The predicted molar refractivity (Wildman–Crippen MR) is 128 cm³/mol. The number of rotatable bonds is 7. The maximum Gasteiger partial charge on any atom is 0.271 e. The average Bonchev–Trinajstić information content (AvgIpc) is 3.27. The van der Waals surface area contributed by atoms with Crippen molar-refractivity contribution in [1.29, 1.82) is 0 Å². The van der Waals surface area contributed by atoms with Crippen LogP contribution in [0.3, 0.4) is 0 Å². The SMILES string of the molecule is O=C(NCCc1ccncc1)c1cn2c(C(=O)NCC34CC5CC(CC(C5)C3)C4)cccc2n1. The Kier molecular flexibility index (Phi) is 5.35. The van der Waals surface area contributed by atoms with Gasteiger partial charge in [-0.1, -0.05) is 6.07 Å². The number of pyridine rings is 2. The number of carbonyl (C=O) groups is 2. The number of amides is 2. The zero-order valence-corrected chi connectivity index (χ0v) is 19.4. The molecule has 3 aromatic heterocycles. The van der Waals surface area contributed by atoms with Gasteiger partial charge in [0.15, 0.2) is 0 Å². The van der Waals surface area contributed by atoms with Gasteiger partial charge in [0.25, 0.3) is 11.8 Å². The lowest BCUT2D eigenvalue weighted by molar-refractivity contribution is -0.0503. The van der Waals surface area contributed by atoms with Gasteiger partial charge in [-0.2, -0.15) is 0 Å². The van der Waals surface area contributed by atoms with Crippen molar-refractivity contribution in [3.8, 4) is 0 Å². The molecule has 4 bridgehead atoms. The van der Waals surface area contributed by atoms with Crippen LogP contribution in [0.25, 0.3) is 5.65 Å². The van der Waals surface area contributed by atoms with Crippen molar-refractivity contribution in [1.82, 2.24) is 25.0 Å². The van der Waals surface area contributed by atoms with Crippen LogP contribution < -0.4 is 10.6 Å². The molecular weight excluding hydrogens is 426 g/mol. The molecule has 4 aliphatic rings. The summed E-state index contributed by atoms with van der Waals surface area (Å²) in [7, 11) is 0. The van der Waals surface area contributed by atoms with E-state index in [-0.39, 0.29) is 17.2 Å². The molecule has 176 valence electrons. The Morgan fingerprint density at radius 1 is 0.941 bits per heavy atom. The lowest BCUT2D eigenvalue weighted by Gasteiger charge is -2.56. The maximum atomic E-state index is 13.2. The number of hydrogen-bond acceptors (Lipinski definition) is 4. The Morgan fingerprint density at radius 3 is 2.35 bits per heavy atom. The van der Waals surface area contributed by atoms with E-state index in [1.165, 1.54) is 38.5 Å². The van der Waals surface area contributed by atoms with Crippen LogP contribution in [0.2, 0.25) is 0 Å². The monoisotopic (exact) mass is 457 g/mol. The Hall–Kier alpha value is -3.22. The fraction of sp³-hybridized carbons (Fsp3) is 0.481. The molecule has 34 heavy (non-hydrogen) atoms. The molecule has 0 atom stereocenters. The molecule has 0 aromatic carbocycles. The lowest BCUT2D eigenvalue weighted by atomic mass is 9.49. The number of hydrogen-bond donors (Lipinski definition) is 2. The first kappa shape index (κ1) is 21.3. The van der Waals surface area contributed by atoms with Gasteiger partial charge in [0.2, 0.25) is 0 Å². The zero-order valence-electron chi connectivity index (χ0n) is 19.4. The average molecular weight is 458 g/mol. The second kappa shape index (κ2) is 8.53. The molecule has 7 nitrogen and oxygen atoms in total. The molecule has 2 N–H and O–H groups in total. The van der Waals surface area contributed by atoms with Gasteiger partial charge in [-0.15, -0.1) is 0 Å². The molecule has 0 spiro atoms. The summed E-state index contributed by atoms with van der Waals surface area (Å²) >= 11 is 0. The van der Waals surface area contributed by atoms with Crippen LogP contribution in [0.5, 0.6) is 0 Å². The summed E-state index contributed by atoms with van der Waals surface area (Å²) in [6, 6.07) is 9.32. The summed E-state index contributed by atoms with van der Waals surface area (Å²) in [6.45, 7) is 1.26. The minimum atomic E-state index is -0.238. The van der Waals surface area contributed by atoms with Crippen molar-refractivity contribution in [3.63, 3.8) is 0 Å². The van der Waals surface area contributed by atoms with E-state index in [4.69, 9.17) is 0 Å². The highest BCUT2D eigenvalue weighted by Gasteiger charge is 2.50. The molecule has 4 saturated carbocycles. The smallest absolute Gasteiger partial charge is 0.271 e. The minimum absolute atomic E-state index is 0.0941. The quantitative estimate of drug-likeness (QED) is 0.567. The van der Waals surface area contributed by atoms with Gasteiger partial charge in [0.05, 0.1) is 0 Å². The van der Waals surface area contributed by atoms with E-state index in [0.717, 1.165) is 36.3 Å². The molecule has 0 radical (unpaired) electrons. The van der Waals surface area contributed by atoms with Crippen molar-refractivity contribution < 1.29 is 9.59 Å². The van der Waals surface area contributed by atoms with Crippen LogP contribution in [0.15, 0.2) is 48.9 Å². The topological polar surface area (TPSA) is 88.4 Å². The Balaban J connectivity index is 1.12. The number of carbonyl (C=O) groups excluding carboxylic acids is 2. The molecule has 0 unspecified atom stereocenters. The summed E-state index contributed by atoms with van der Waals surface area (Å²) in [4.78, 5) is 34.3. The second-order valence-electron chi connectivity index (χ2n) is 10.7. The van der Waals surface area contributed by atoms with Crippen molar-refractivity contribution in [2.45, 2.75) is 44.9 Å². The number of nitrogens with zero attached hydrogens (tertiary/aromatic N) is 3. The summed E-state index contributed by atoms with van der Waals surface area (Å²) < 4.78 is 1.73. The molecular formula is C27H31N5O2. The van der Waals surface area contributed by atoms with Crippen molar-refractivity contribution in [2.75, 3.05) is 13.1 Å². The van der Waals surface area contributed by atoms with Gasteiger partial charge in [-0.05, 0) is 97.9 Å². The molecule has 2 amide bonds. The number of fused-ring (bicyclic) bond motifs is 1. The van der Waals surface area contributed by atoms with Gasteiger partial charge < -0.3 is 10.6 Å². The lowest BCUT2D eigenvalue weighted by Crippen LogP contribution is -2.51. The van der Waals surface area contributed by atoms with Crippen LogP contribution in [0, 0.1) is 23.2 Å². The summed E-state index contributed by atoms with van der Waals surface area (Å²) in [5.74, 6) is 2.25. The van der Waals surface area contributed by atoms with E-state index in [2.05, 4.69) is 20.6 Å². The predicted octanol–water partition coefficient (Wildman–Crippen LogP) is 3.65. The highest BCUT2D eigenvalue weighted by molar-refractivity contribution is 5.95. The number of aromatic nitrogens is 3. The normalized spacial score (nSPS) is 27.1. The third kappa shape index (κ3) is 4.08. The Bertz CT molecular complexity index is 1180. The summed E-state index contributed by atoms with van der Waals surface area (Å²) in [5.41, 5.74) is 2.83. The molecule has 3 heterocycles. The fourth-order valence-corrected chi connectivity index (χ4v) is 7.13. The first-order valence-corrected chi connectivity index (χ1v) is 12.5. The van der Waals surface area contributed by atoms with Crippen LogP contribution in [-0.4, -0.2) is 39.3 Å². The van der Waals surface area contributed by atoms with Crippen molar-refractivity contribution in [3.05, 3.63) is 65.9 Å². The van der Waals surface area contributed by atoms with E-state index in [1.807, 2.05) is 24.3 Å². The summed E-state index contributed by atoms with van der Waals surface area (Å²) in [5, 5.41) is 6.17. The van der Waals surface area contributed by atoms with Gasteiger partial charge in [-0.25, -0.2) is 4.98 Å². The second-order valence-corrected chi connectivity index (χ2v) is 10.7. The maximum absolute atomic E-state index is 13.2. The molecule has 7 rings (SSSR count). The Labute approximate surface area is 199 Å². The van der Waals surface area contributed by atoms with E-state index in [9.17, 15) is 9.59 Å².